The van der Waals surface area contributed by atoms with Crippen LogP contribution in [0.5, 0.6) is 0 Å². The first-order valence-electron chi connectivity index (χ1n) is 5.48. The second kappa shape index (κ2) is 4.44. The van der Waals surface area contributed by atoms with Gasteiger partial charge in [-0.1, -0.05) is 6.07 Å². The Labute approximate surface area is 107 Å². The van der Waals surface area contributed by atoms with Crippen molar-refractivity contribution in [2.75, 3.05) is 0 Å². The van der Waals surface area contributed by atoms with Crippen LogP contribution < -0.4 is 5.73 Å². The van der Waals surface area contributed by atoms with Crippen molar-refractivity contribution < 1.29 is 4.39 Å². The summed E-state index contributed by atoms with van der Waals surface area (Å²) in [5, 5.41) is 0.791. The van der Waals surface area contributed by atoms with Gasteiger partial charge in [0.1, 0.15) is 10.8 Å². The van der Waals surface area contributed by atoms with Crippen molar-refractivity contribution in [1.29, 1.82) is 0 Å². The number of halogens is 1. The molecule has 1 aromatic carbocycles. The number of aromatic nitrogens is 2. The van der Waals surface area contributed by atoms with E-state index in [1.54, 1.807) is 12.3 Å². The van der Waals surface area contributed by atoms with Crippen molar-refractivity contribution in [3.8, 4) is 10.7 Å². The maximum absolute atomic E-state index is 13.1. The zero-order valence-corrected chi connectivity index (χ0v) is 10.2. The third-order valence-electron chi connectivity index (χ3n) is 2.63. The van der Waals surface area contributed by atoms with E-state index in [4.69, 9.17) is 5.73 Å². The Morgan fingerprint density at radius 3 is 2.83 bits per heavy atom. The summed E-state index contributed by atoms with van der Waals surface area (Å²) in [5.41, 5.74) is 8.08. The molecule has 0 fully saturated rings. The van der Waals surface area contributed by atoms with Crippen LogP contribution in [-0.4, -0.2) is 9.97 Å². The first-order valence-corrected chi connectivity index (χ1v) is 6.29. The number of nitrogens with two attached hydrogens (primary N) is 1. The van der Waals surface area contributed by atoms with E-state index in [1.165, 1.54) is 23.5 Å². The lowest BCUT2D eigenvalue weighted by atomic mass is 10.2. The van der Waals surface area contributed by atoms with Crippen LogP contribution in [0, 0.1) is 5.82 Å². The van der Waals surface area contributed by atoms with Crippen LogP contribution in [0.25, 0.3) is 20.9 Å². The van der Waals surface area contributed by atoms with Gasteiger partial charge in [0.05, 0.1) is 15.9 Å². The van der Waals surface area contributed by atoms with E-state index in [2.05, 4.69) is 9.97 Å². The van der Waals surface area contributed by atoms with Crippen LogP contribution in [0.4, 0.5) is 4.39 Å². The Kier molecular flexibility index (Phi) is 2.77. The van der Waals surface area contributed by atoms with Gasteiger partial charge in [0.25, 0.3) is 0 Å². The highest BCUT2D eigenvalue weighted by Gasteiger charge is 2.07. The second-order valence-electron chi connectivity index (χ2n) is 3.89. The Morgan fingerprint density at radius 1 is 1.22 bits per heavy atom. The molecule has 2 aromatic heterocycles. The molecule has 0 aliphatic carbocycles. The molecule has 5 heteroatoms. The highest BCUT2D eigenvalue weighted by Crippen LogP contribution is 2.29. The molecular weight excluding hydrogens is 249 g/mol. The number of pyridine rings is 1. The van der Waals surface area contributed by atoms with Crippen molar-refractivity contribution in [3.63, 3.8) is 0 Å². The average molecular weight is 259 g/mol. The molecule has 0 atom stereocenters. The normalized spacial score (nSPS) is 11.0. The van der Waals surface area contributed by atoms with Gasteiger partial charge in [-0.2, -0.15) is 0 Å². The Balaban J connectivity index is 2.07. The molecule has 0 radical (unpaired) electrons. The van der Waals surface area contributed by atoms with Gasteiger partial charge in [-0.25, -0.2) is 9.37 Å². The molecule has 0 aliphatic heterocycles. The highest BCUT2D eigenvalue weighted by molar-refractivity contribution is 7.21. The lowest BCUT2D eigenvalue weighted by Gasteiger charge is -1.97. The van der Waals surface area contributed by atoms with Crippen LogP contribution in [0.3, 0.4) is 0 Å². The molecule has 0 bridgehead atoms. The zero-order valence-electron chi connectivity index (χ0n) is 9.43. The molecule has 2 N–H and O–H groups in total. The smallest absolute Gasteiger partial charge is 0.143 e. The van der Waals surface area contributed by atoms with E-state index in [1.807, 2.05) is 12.1 Å². The van der Waals surface area contributed by atoms with Gasteiger partial charge in [0.2, 0.25) is 0 Å². The first kappa shape index (κ1) is 11.3. The molecule has 0 saturated carbocycles. The van der Waals surface area contributed by atoms with Crippen LogP contribution in [0.15, 0.2) is 36.5 Å². The van der Waals surface area contributed by atoms with Gasteiger partial charge in [0, 0.05) is 12.7 Å². The maximum Gasteiger partial charge on any atom is 0.143 e. The number of thiazole rings is 1. The highest BCUT2D eigenvalue weighted by atomic mass is 32.1. The minimum absolute atomic E-state index is 0.246. The summed E-state index contributed by atoms with van der Waals surface area (Å²) in [6.07, 6.45) is 1.74. The minimum Gasteiger partial charge on any atom is -0.326 e. The summed E-state index contributed by atoms with van der Waals surface area (Å²) < 4.78 is 13.9. The monoisotopic (exact) mass is 259 g/mol. The summed E-state index contributed by atoms with van der Waals surface area (Å²) in [4.78, 5) is 8.75. The second-order valence-corrected chi connectivity index (χ2v) is 4.92. The Hall–Kier alpha value is -1.85. The lowest BCUT2D eigenvalue weighted by molar-refractivity contribution is 0.630. The number of benzene rings is 1. The predicted octanol–water partition coefficient (Wildman–Crippen LogP) is 2.96. The molecule has 3 rings (SSSR count). The van der Waals surface area contributed by atoms with E-state index in [0.29, 0.717) is 6.54 Å². The van der Waals surface area contributed by atoms with Gasteiger partial charge < -0.3 is 5.73 Å². The molecule has 0 unspecified atom stereocenters. The van der Waals surface area contributed by atoms with Crippen LogP contribution >= 0.6 is 11.3 Å². The Morgan fingerprint density at radius 2 is 2.11 bits per heavy atom. The van der Waals surface area contributed by atoms with Crippen LogP contribution in [0.2, 0.25) is 0 Å². The largest absolute Gasteiger partial charge is 0.326 e. The third kappa shape index (κ3) is 1.98. The zero-order chi connectivity index (χ0) is 12.5. The van der Waals surface area contributed by atoms with E-state index in [-0.39, 0.29) is 5.82 Å². The quantitative estimate of drug-likeness (QED) is 0.769. The van der Waals surface area contributed by atoms with E-state index in [9.17, 15) is 4.39 Å². The van der Waals surface area contributed by atoms with Crippen molar-refractivity contribution >= 4 is 21.6 Å². The van der Waals surface area contributed by atoms with Crippen molar-refractivity contribution in [1.82, 2.24) is 9.97 Å². The Bertz CT molecular complexity index is 691. The van der Waals surface area contributed by atoms with E-state index < -0.39 is 0 Å². The summed E-state index contributed by atoms with van der Waals surface area (Å²) in [6, 6.07) is 8.39. The summed E-state index contributed by atoms with van der Waals surface area (Å²) >= 11 is 1.43. The number of nitrogens with zero attached hydrogens (tertiary/aromatic N) is 2. The average Bonchev–Trinajstić information content (AvgIpc) is 2.81. The molecule has 0 amide bonds. The van der Waals surface area contributed by atoms with E-state index in [0.717, 1.165) is 26.5 Å². The topological polar surface area (TPSA) is 51.8 Å². The van der Waals surface area contributed by atoms with E-state index >= 15 is 0 Å². The summed E-state index contributed by atoms with van der Waals surface area (Å²) in [6.45, 7) is 0.471. The van der Waals surface area contributed by atoms with Crippen LogP contribution in [-0.2, 0) is 6.54 Å². The number of rotatable bonds is 2. The van der Waals surface area contributed by atoms with Gasteiger partial charge in [-0.15, -0.1) is 11.3 Å². The molecule has 0 spiro atoms. The summed E-state index contributed by atoms with van der Waals surface area (Å²) in [7, 11) is 0. The van der Waals surface area contributed by atoms with Crippen LogP contribution in [0.1, 0.15) is 5.56 Å². The van der Waals surface area contributed by atoms with Crippen molar-refractivity contribution in [2.24, 2.45) is 5.73 Å². The molecule has 18 heavy (non-hydrogen) atoms. The predicted molar refractivity (Wildman–Crippen MR) is 70.7 cm³/mol. The minimum atomic E-state index is -0.246. The molecule has 0 aliphatic rings. The molecule has 90 valence electrons. The fraction of sp³-hybridized carbons (Fsp3) is 0.0769. The van der Waals surface area contributed by atoms with Gasteiger partial charge in [0.15, 0.2) is 0 Å². The third-order valence-corrected chi connectivity index (χ3v) is 3.67. The molecule has 3 nitrogen and oxygen atoms in total. The number of fused-ring (bicyclic) bond motifs is 1. The van der Waals surface area contributed by atoms with Gasteiger partial charge in [-0.3, -0.25) is 4.98 Å². The lowest BCUT2D eigenvalue weighted by Crippen LogP contribution is -1.96. The van der Waals surface area contributed by atoms with Crippen molar-refractivity contribution in [2.45, 2.75) is 6.54 Å². The van der Waals surface area contributed by atoms with Gasteiger partial charge in [-0.05, 0) is 29.8 Å². The number of hydrogen-bond acceptors (Lipinski definition) is 4. The fourth-order valence-electron chi connectivity index (χ4n) is 1.68. The molecule has 2 heterocycles. The maximum atomic E-state index is 13.1. The fourth-order valence-corrected chi connectivity index (χ4v) is 2.65. The standard InChI is InChI=1S/C13H10FN3S/c14-9-2-4-10-12(5-9)18-13(17-10)11-3-1-8(6-15)7-16-11/h1-5,7H,6,15H2. The first-order chi connectivity index (χ1) is 8.76. The van der Waals surface area contributed by atoms with Crippen molar-refractivity contribution in [3.05, 3.63) is 47.9 Å². The summed E-state index contributed by atoms with van der Waals surface area (Å²) in [5.74, 6) is -0.246. The SMILES string of the molecule is NCc1ccc(-c2nc3ccc(F)cc3s2)nc1. The molecular formula is C13H10FN3S. The number of hydrogen-bond donors (Lipinski definition) is 1. The van der Waals surface area contributed by atoms with Gasteiger partial charge >= 0.3 is 0 Å². The molecule has 0 saturated heterocycles. The molecule has 3 aromatic rings.